The van der Waals surface area contributed by atoms with Crippen LogP contribution in [0, 0.1) is 5.41 Å². The highest BCUT2D eigenvalue weighted by Gasteiger charge is 2.20. The molecule has 4 heteroatoms. The zero-order chi connectivity index (χ0) is 22.0. The predicted octanol–water partition coefficient (Wildman–Crippen LogP) is 6.45. The first-order valence-electron chi connectivity index (χ1n) is 11.2. The Morgan fingerprint density at radius 1 is 0.903 bits per heavy atom. The molecule has 160 valence electrons. The Morgan fingerprint density at radius 2 is 1.65 bits per heavy atom. The van der Waals surface area contributed by atoms with Crippen LogP contribution in [-0.2, 0) is 6.54 Å². The van der Waals surface area contributed by atoms with Gasteiger partial charge in [-0.15, -0.1) is 5.69 Å². The van der Waals surface area contributed by atoms with Gasteiger partial charge in [0.2, 0.25) is 0 Å². The fourth-order valence-electron chi connectivity index (χ4n) is 4.51. The van der Waals surface area contributed by atoms with Crippen LogP contribution in [0.2, 0.25) is 0 Å². The number of hydrogen-bond acceptors (Lipinski definition) is 1. The Labute approximate surface area is 185 Å². The van der Waals surface area contributed by atoms with Crippen LogP contribution in [0.4, 0.5) is 5.69 Å². The smallest absolute Gasteiger partial charge is 0.0801 e. The Kier molecular flexibility index (Phi) is 5.84. The summed E-state index contributed by atoms with van der Waals surface area (Å²) < 4.78 is 3.45. The summed E-state index contributed by atoms with van der Waals surface area (Å²) >= 11 is 0. The lowest BCUT2D eigenvalue weighted by Crippen LogP contribution is -2.44. The molecule has 0 amide bonds. The van der Waals surface area contributed by atoms with E-state index in [1.54, 1.807) is 0 Å². The minimum Gasteiger partial charge on any atom is -0.699 e. The van der Waals surface area contributed by atoms with Crippen LogP contribution in [0.3, 0.4) is 0 Å². The van der Waals surface area contributed by atoms with Gasteiger partial charge in [-0.1, -0.05) is 54.6 Å². The number of quaternary nitrogens is 1. The Bertz CT molecular complexity index is 1220. The molecule has 1 aliphatic heterocycles. The molecule has 4 nitrogen and oxygen atoms in total. The highest BCUT2D eigenvalue weighted by Crippen LogP contribution is 2.39. The minimum atomic E-state index is 0.522. The van der Waals surface area contributed by atoms with Crippen LogP contribution < -0.4 is 5.36 Å². The molecule has 31 heavy (non-hydrogen) atoms. The molecule has 0 atom stereocenters. The van der Waals surface area contributed by atoms with Gasteiger partial charge in [0.1, 0.15) is 0 Å². The Morgan fingerprint density at radius 3 is 2.35 bits per heavy atom. The molecule has 0 radical (unpaired) electrons. The molecule has 0 saturated heterocycles. The summed E-state index contributed by atoms with van der Waals surface area (Å²) in [4.78, 5) is 0. The lowest BCUT2D eigenvalue weighted by molar-refractivity contribution is -0.906. The first-order valence-corrected chi connectivity index (χ1v) is 11.2. The largest absolute Gasteiger partial charge is 0.699 e. The second kappa shape index (κ2) is 8.56. The molecule has 1 heterocycles. The summed E-state index contributed by atoms with van der Waals surface area (Å²) in [5.41, 5.74) is 13.3. The summed E-state index contributed by atoms with van der Waals surface area (Å²) in [6, 6.07) is 22.3. The van der Waals surface area contributed by atoms with Crippen molar-refractivity contribution in [1.29, 1.82) is 5.41 Å². The zero-order valence-electron chi connectivity index (χ0n) is 18.8. The van der Waals surface area contributed by atoms with E-state index in [1.165, 1.54) is 0 Å². The van der Waals surface area contributed by atoms with Gasteiger partial charge in [0.05, 0.1) is 43.4 Å². The van der Waals surface area contributed by atoms with Gasteiger partial charge in [-0.2, -0.15) is 0 Å². The molecule has 1 aliphatic carbocycles. The third-order valence-electron chi connectivity index (χ3n) is 6.78. The van der Waals surface area contributed by atoms with Crippen LogP contribution >= 0.6 is 0 Å². The molecule has 2 aromatic rings. The van der Waals surface area contributed by atoms with Crippen molar-refractivity contribution in [2.24, 2.45) is 0 Å². The van der Waals surface area contributed by atoms with E-state index in [-0.39, 0.29) is 0 Å². The second-order valence-electron chi connectivity index (χ2n) is 8.69. The number of rotatable bonds is 7. The van der Waals surface area contributed by atoms with Crippen LogP contribution in [0.25, 0.3) is 39.0 Å². The van der Waals surface area contributed by atoms with Gasteiger partial charge in [-0.25, -0.2) is 0 Å². The van der Waals surface area contributed by atoms with Gasteiger partial charge >= 0.3 is 0 Å². The molecule has 2 N–H and O–H groups in total. The van der Waals surface area contributed by atoms with Gasteiger partial charge in [0.15, 0.2) is 0 Å². The molecule has 0 unspecified atom stereocenters. The highest BCUT2D eigenvalue weighted by molar-refractivity contribution is 6.05. The number of nitrogens with zero attached hydrogens (tertiary/aromatic N) is 2. The molecular formula is C27H32N4. The van der Waals surface area contributed by atoms with E-state index >= 15 is 0 Å². The molecule has 2 aromatic carbocycles. The van der Waals surface area contributed by atoms with E-state index in [1.807, 2.05) is 30.3 Å². The van der Waals surface area contributed by atoms with Crippen LogP contribution in [0.5, 0.6) is 0 Å². The monoisotopic (exact) mass is 412 g/mol. The molecule has 0 saturated carbocycles. The van der Waals surface area contributed by atoms with Crippen molar-refractivity contribution in [1.82, 2.24) is 4.57 Å². The number of pyridine rings is 1. The highest BCUT2D eigenvalue weighted by atomic mass is 15.3. The molecule has 2 aliphatic rings. The van der Waals surface area contributed by atoms with Crippen molar-refractivity contribution in [3.05, 3.63) is 77.8 Å². The maximum absolute atomic E-state index is 8.28. The number of fused-ring (bicyclic) bond motifs is 3. The molecule has 0 bridgehead atoms. The molecular weight excluding hydrogens is 380 g/mol. The standard InChI is InChI=1S/C27H32N4/c1-4-31(3,5-2)17-9-16-30-26-19-22(29)13-15-24(26)23-14-12-21(28)18-25(23)27(30)20-10-7-6-8-11-20/h6-8,10-15,18-19,28-29H,4-5,9,16-17H2,1-3H3. The SMILES string of the molecule is CC[N+](C)(CC)CCCn1c2cc(=N)ccc-2c2ccc([NH-])cc2c1-c1ccccc1. The quantitative estimate of drug-likeness (QED) is 0.268. The fourth-order valence-corrected chi connectivity index (χ4v) is 4.51. The normalized spacial score (nSPS) is 12.0. The molecule has 0 spiro atoms. The van der Waals surface area contributed by atoms with E-state index in [2.05, 4.69) is 61.9 Å². The van der Waals surface area contributed by atoms with Crippen LogP contribution in [0.15, 0.2) is 66.7 Å². The summed E-state index contributed by atoms with van der Waals surface area (Å²) in [7, 11) is 2.33. The van der Waals surface area contributed by atoms with Crippen LogP contribution in [0.1, 0.15) is 20.3 Å². The fraction of sp³-hybridized carbons (Fsp3) is 0.296. The zero-order valence-corrected chi connectivity index (χ0v) is 18.8. The Hall–Kier alpha value is -3.11. The lowest BCUT2D eigenvalue weighted by atomic mass is 9.94. The number of hydrogen-bond donors (Lipinski definition) is 1. The summed E-state index contributed by atoms with van der Waals surface area (Å²) in [5, 5.41) is 11.1. The van der Waals surface area contributed by atoms with E-state index in [0.29, 0.717) is 11.0 Å². The van der Waals surface area contributed by atoms with Gasteiger partial charge in [0, 0.05) is 23.9 Å². The van der Waals surface area contributed by atoms with Crippen LogP contribution in [-0.4, -0.2) is 35.7 Å². The van der Waals surface area contributed by atoms with E-state index in [4.69, 9.17) is 11.1 Å². The van der Waals surface area contributed by atoms with Gasteiger partial charge in [-0.05, 0) is 36.9 Å². The minimum absolute atomic E-state index is 0.522. The lowest BCUT2D eigenvalue weighted by Gasteiger charge is -2.33. The van der Waals surface area contributed by atoms with Crippen molar-refractivity contribution in [3.63, 3.8) is 0 Å². The summed E-state index contributed by atoms with van der Waals surface area (Å²) in [5.74, 6) is 0. The van der Waals surface area contributed by atoms with E-state index in [0.717, 1.165) is 70.4 Å². The number of aromatic nitrogens is 1. The molecule has 4 rings (SSSR count). The average molecular weight is 413 g/mol. The molecule has 0 aromatic heterocycles. The van der Waals surface area contributed by atoms with Crippen molar-refractivity contribution in [2.75, 3.05) is 26.7 Å². The average Bonchev–Trinajstić information content (AvgIpc) is 2.79. The van der Waals surface area contributed by atoms with Crippen molar-refractivity contribution >= 4 is 16.5 Å². The van der Waals surface area contributed by atoms with Crippen molar-refractivity contribution in [2.45, 2.75) is 26.8 Å². The maximum Gasteiger partial charge on any atom is 0.0801 e. The van der Waals surface area contributed by atoms with E-state index in [9.17, 15) is 0 Å². The number of benzene rings is 3. The maximum atomic E-state index is 8.28. The summed E-state index contributed by atoms with van der Waals surface area (Å²) in [6.45, 7) is 8.79. The predicted molar refractivity (Wildman–Crippen MR) is 131 cm³/mol. The number of nitrogens with one attached hydrogen (secondary N) is 2. The third kappa shape index (κ3) is 4.08. The molecule has 0 fully saturated rings. The summed E-state index contributed by atoms with van der Waals surface area (Å²) in [6.07, 6.45) is 1.06. The Balaban J connectivity index is 1.97. The van der Waals surface area contributed by atoms with Crippen molar-refractivity contribution < 1.29 is 4.48 Å². The first kappa shape index (κ1) is 21.1. The van der Waals surface area contributed by atoms with Gasteiger partial charge in [-0.3, -0.25) is 0 Å². The third-order valence-corrected chi connectivity index (χ3v) is 6.78. The van der Waals surface area contributed by atoms with Gasteiger partial charge in [0.25, 0.3) is 0 Å². The van der Waals surface area contributed by atoms with Gasteiger partial charge < -0.3 is 20.2 Å². The van der Waals surface area contributed by atoms with Crippen molar-refractivity contribution in [3.8, 4) is 22.5 Å². The first-order chi connectivity index (χ1) is 15.0. The van der Waals surface area contributed by atoms with E-state index < -0.39 is 0 Å². The topological polar surface area (TPSA) is 52.6 Å². The second-order valence-corrected chi connectivity index (χ2v) is 8.69.